The van der Waals surface area contributed by atoms with Gasteiger partial charge >= 0.3 is 0 Å². The van der Waals surface area contributed by atoms with Gasteiger partial charge in [0.05, 0.1) is 0 Å². The first-order chi connectivity index (χ1) is 9.79. The monoisotopic (exact) mass is 270 g/mol. The Morgan fingerprint density at radius 3 is 2.80 bits per heavy atom. The molecule has 2 rings (SSSR count). The van der Waals surface area contributed by atoms with E-state index in [0.717, 1.165) is 18.7 Å². The van der Waals surface area contributed by atoms with E-state index in [9.17, 15) is 0 Å². The predicted octanol–water partition coefficient (Wildman–Crippen LogP) is 3.74. The topological polar surface area (TPSA) is 45.0 Å². The number of hydrogen-bond acceptors (Lipinski definition) is 3. The van der Waals surface area contributed by atoms with Gasteiger partial charge in [0, 0.05) is 6.04 Å². The third-order valence-electron chi connectivity index (χ3n) is 3.72. The van der Waals surface area contributed by atoms with Crippen LogP contribution in [0.1, 0.15) is 44.2 Å². The lowest BCUT2D eigenvalue weighted by molar-refractivity contribution is 0.368. The van der Waals surface area contributed by atoms with E-state index in [1.165, 1.54) is 24.8 Å². The highest BCUT2D eigenvalue weighted by Crippen LogP contribution is 2.21. The zero-order valence-corrected chi connectivity index (χ0v) is 12.1. The molecule has 3 heteroatoms. The first-order valence-electron chi connectivity index (χ1n) is 7.30. The Bertz CT molecular complexity index is 485. The zero-order valence-electron chi connectivity index (χ0n) is 12.1. The molecule has 0 radical (unpaired) electrons. The summed E-state index contributed by atoms with van der Waals surface area (Å²) in [4.78, 5) is 0. The summed E-state index contributed by atoms with van der Waals surface area (Å²) < 4.78 is 5.25. The molecule has 1 N–H and O–H groups in total. The molecule has 0 saturated heterocycles. The van der Waals surface area contributed by atoms with Crippen molar-refractivity contribution < 1.29 is 4.74 Å². The summed E-state index contributed by atoms with van der Waals surface area (Å²) in [5, 5.41) is 12.0. The standard InChI is InChI=1S/C17H22N2O/c1-14(19-12-10-15-4-2-3-5-15)16-6-8-17(9-7-16)20-13-11-18/h4,6-9,14,19H,2-3,5,10,12-13H2,1H3. The van der Waals surface area contributed by atoms with Gasteiger partial charge in [-0.2, -0.15) is 5.26 Å². The van der Waals surface area contributed by atoms with Crippen molar-refractivity contribution in [2.75, 3.05) is 13.2 Å². The molecule has 0 fully saturated rings. The summed E-state index contributed by atoms with van der Waals surface area (Å²) >= 11 is 0. The van der Waals surface area contributed by atoms with Crippen LogP contribution >= 0.6 is 0 Å². The smallest absolute Gasteiger partial charge is 0.174 e. The Hall–Kier alpha value is -1.79. The molecule has 106 valence electrons. The van der Waals surface area contributed by atoms with E-state index in [2.05, 4.69) is 30.4 Å². The highest BCUT2D eigenvalue weighted by atomic mass is 16.5. The number of nitrogens with one attached hydrogen (secondary N) is 1. The van der Waals surface area contributed by atoms with E-state index in [4.69, 9.17) is 10.00 Å². The van der Waals surface area contributed by atoms with Crippen molar-refractivity contribution in [2.45, 2.75) is 38.6 Å². The first-order valence-corrected chi connectivity index (χ1v) is 7.30. The van der Waals surface area contributed by atoms with Gasteiger partial charge < -0.3 is 10.1 Å². The van der Waals surface area contributed by atoms with Gasteiger partial charge in [-0.05, 0) is 56.8 Å². The van der Waals surface area contributed by atoms with Gasteiger partial charge in [-0.1, -0.05) is 23.8 Å². The molecule has 3 nitrogen and oxygen atoms in total. The van der Waals surface area contributed by atoms with E-state index in [-0.39, 0.29) is 6.61 Å². The third-order valence-corrected chi connectivity index (χ3v) is 3.72. The van der Waals surface area contributed by atoms with Crippen molar-refractivity contribution in [3.05, 3.63) is 41.5 Å². The summed E-state index contributed by atoms with van der Waals surface area (Å²) in [7, 11) is 0. The van der Waals surface area contributed by atoms with E-state index >= 15 is 0 Å². The van der Waals surface area contributed by atoms with Crippen molar-refractivity contribution in [3.8, 4) is 11.8 Å². The summed E-state index contributed by atoms with van der Waals surface area (Å²) in [5.41, 5.74) is 2.85. The van der Waals surface area contributed by atoms with Crippen LogP contribution in [0.3, 0.4) is 0 Å². The summed E-state index contributed by atoms with van der Waals surface area (Å²) in [5.74, 6) is 0.749. The molecule has 1 aliphatic carbocycles. The highest BCUT2D eigenvalue weighted by Gasteiger charge is 2.07. The molecule has 0 bridgehead atoms. The molecule has 0 saturated carbocycles. The Labute approximate surface area is 121 Å². The second-order valence-electron chi connectivity index (χ2n) is 5.20. The molecule has 1 aliphatic rings. The number of rotatable bonds is 7. The van der Waals surface area contributed by atoms with Gasteiger partial charge in [0.15, 0.2) is 6.61 Å². The number of ether oxygens (including phenoxy) is 1. The third kappa shape index (κ3) is 4.40. The summed E-state index contributed by atoms with van der Waals surface area (Å²) in [6.07, 6.45) is 7.41. The van der Waals surface area contributed by atoms with Crippen molar-refractivity contribution in [1.82, 2.24) is 5.32 Å². The van der Waals surface area contributed by atoms with Crippen molar-refractivity contribution in [1.29, 1.82) is 5.26 Å². The number of hydrogen-bond donors (Lipinski definition) is 1. The Morgan fingerprint density at radius 1 is 1.35 bits per heavy atom. The lowest BCUT2D eigenvalue weighted by Crippen LogP contribution is -2.20. The van der Waals surface area contributed by atoms with Crippen LogP contribution in [0, 0.1) is 11.3 Å². The average Bonchev–Trinajstić information content (AvgIpc) is 2.99. The van der Waals surface area contributed by atoms with Crippen molar-refractivity contribution in [2.24, 2.45) is 0 Å². The quantitative estimate of drug-likeness (QED) is 0.768. The van der Waals surface area contributed by atoms with Crippen LogP contribution in [0.5, 0.6) is 5.75 Å². The minimum Gasteiger partial charge on any atom is -0.479 e. The summed E-state index contributed by atoms with van der Waals surface area (Å²) in [6, 6.07) is 10.3. The number of allylic oxidation sites excluding steroid dienone is 1. The number of benzene rings is 1. The Balaban J connectivity index is 1.76. The highest BCUT2D eigenvalue weighted by molar-refractivity contribution is 5.29. The van der Waals surface area contributed by atoms with E-state index in [1.54, 1.807) is 5.57 Å². The largest absolute Gasteiger partial charge is 0.479 e. The van der Waals surface area contributed by atoms with Crippen LogP contribution in [0.25, 0.3) is 0 Å². The maximum absolute atomic E-state index is 8.47. The average molecular weight is 270 g/mol. The fourth-order valence-electron chi connectivity index (χ4n) is 2.50. The lowest BCUT2D eigenvalue weighted by atomic mass is 10.1. The number of nitriles is 1. The van der Waals surface area contributed by atoms with Crippen LogP contribution in [0.2, 0.25) is 0 Å². The normalized spacial score (nSPS) is 15.5. The van der Waals surface area contributed by atoms with Gasteiger partial charge in [-0.25, -0.2) is 0 Å². The van der Waals surface area contributed by atoms with E-state index < -0.39 is 0 Å². The zero-order chi connectivity index (χ0) is 14.2. The molecule has 20 heavy (non-hydrogen) atoms. The molecular formula is C17H22N2O. The van der Waals surface area contributed by atoms with Crippen LogP contribution in [-0.4, -0.2) is 13.2 Å². The second-order valence-corrected chi connectivity index (χ2v) is 5.20. The molecule has 0 spiro atoms. The van der Waals surface area contributed by atoms with Crippen molar-refractivity contribution in [3.63, 3.8) is 0 Å². The molecule has 0 heterocycles. The molecule has 1 unspecified atom stereocenters. The molecule has 0 aliphatic heterocycles. The molecule has 1 aromatic rings. The van der Waals surface area contributed by atoms with Gasteiger partial charge in [-0.15, -0.1) is 0 Å². The van der Waals surface area contributed by atoms with Crippen molar-refractivity contribution >= 4 is 0 Å². The van der Waals surface area contributed by atoms with Crippen LogP contribution < -0.4 is 10.1 Å². The SMILES string of the molecule is CC(NCCC1=CCCC1)c1ccc(OCC#N)cc1. The minimum absolute atomic E-state index is 0.0995. The van der Waals surface area contributed by atoms with Crippen LogP contribution in [0.15, 0.2) is 35.9 Å². The molecule has 0 amide bonds. The van der Waals surface area contributed by atoms with Crippen LogP contribution in [0.4, 0.5) is 0 Å². The minimum atomic E-state index is 0.0995. The van der Waals surface area contributed by atoms with Gasteiger partial charge in [-0.3, -0.25) is 0 Å². The molecule has 1 atom stereocenters. The molecular weight excluding hydrogens is 248 g/mol. The maximum Gasteiger partial charge on any atom is 0.174 e. The maximum atomic E-state index is 8.47. The Morgan fingerprint density at radius 2 is 2.15 bits per heavy atom. The van der Waals surface area contributed by atoms with E-state index in [0.29, 0.717) is 6.04 Å². The predicted molar refractivity (Wildman–Crippen MR) is 80.5 cm³/mol. The fourth-order valence-corrected chi connectivity index (χ4v) is 2.50. The van der Waals surface area contributed by atoms with Gasteiger partial charge in [0.1, 0.15) is 11.8 Å². The molecule has 1 aromatic carbocycles. The lowest BCUT2D eigenvalue weighted by Gasteiger charge is -2.15. The number of nitrogens with zero attached hydrogens (tertiary/aromatic N) is 1. The van der Waals surface area contributed by atoms with Crippen LogP contribution in [-0.2, 0) is 0 Å². The second kappa shape index (κ2) is 7.72. The molecule has 0 aromatic heterocycles. The van der Waals surface area contributed by atoms with Gasteiger partial charge in [0.2, 0.25) is 0 Å². The summed E-state index contributed by atoms with van der Waals surface area (Å²) in [6.45, 7) is 3.30. The first kappa shape index (κ1) is 14.6. The fraction of sp³-hybridized carbons (Fsp3) is 0.471. The Kier molecular flexibility index (Phi) is 5.64. The van der Waals surface area contributed by atoms with Gasteiger partial charge in [0.25, 0.3) is 0 Å². The van der Waals surface area contributed by atoms with E-state index in [1.807, 2.05) is 18.2 Å².